The van der Waals surface area contributed by atoms with Crippen LogP contribution >= 0.6 is 22.6 Å². The van der Waals surface area contributed by atoms with E-state index in [-0.39, 0.29) is 0 Å². The molecule has 0 nitrogen and oxygen atoms in total. The minimum absolute atomic E-state index is 0.391. The van der Waals surface area contributed by atoms with E-state index in [1.165, 1.54) is 14.7 Å². The molecular weight excluding hydrogens is 271 g/mol. The van der Waals surface area contributed by atoms with E-state index >= 15 is 0 Å². The molecule has 0 aromatic heterocycles. The highest BCUT2D eigenvalue weighted by atomic mass is 127. The Balaban J connectivity index is 3.27. The summed E-state index contributed by atoms with van der Waals surface area (Å²) in [5, 5.41) is 0. The van der Waals surface area contributed by atoms with Crippen molar-refractivity contribution < 1.29 is 0 Å². The lowest BCUT2D eigenvalue weighted by Crippen LogP contribution is -1.94. The zero-order chi connectivity index (χ0) is 9.84. The van der Waals surface area contributed by atoms with Crippen LogP contribution in [0.15, 0.2) is 37.4 Å². The van der Waals surface area contributed by atoms with Crippen LogP contribution < -0.4 is 0 Å². The highest BCUT2D eigenvalue weighted by molar-refractivity contribution is 14.1. The van der Waals surface area contributed by atoms with Gasteiger partial charge in [0.15, 0.2) is 0 Å². The van der Waals surface area contributed by atoms with Crippen LogP contribution in [0.4, 0.5) is 0 Å². The van der Waals surface area contributed by atoms with E-state index < -0.39 is 0 Å². The van der Waals surface area contributed by atoms with Crippen molar-refractivity contribution in [2.24, 2.45) is 0 Å². The molecule has 0 radical (unpaired) electrons. The van der Waals surface area contributed by atoms with E-state index in [1.54, 1.807) is 0 Å². The van der Waals surface area contributed by atoms with Gasteiger partial charge in [-0.25, -0.2) is 0 Å². The average Bonchev–Trinajstić information content (AvgIpc) is 2.16. The molecule has 1 rings (SSSR count). The molecule has 0 spiro atoms. The second-order valence-corrected chi connectivity index (χ2v) is 4.13. The van der Waals surface area contributed by atoms with Crippen molar-refractivity contribution in [1.82, 2.24) is 0 Å². The van der Waals surface area contributed by atoms with Gasteiger partial charge in [-0.2, -0.15) is 0 Å². The van der Waals surface area contributed by atoms with Gasteiger partial charge in [0, 0.05) is 3.57 Å². The number of hydrogen-bond acceptors (Lipinski definition) is 0. The predicted octanol–water partition coefficient (Wildman–Crippen LogP) is 4.22. The molecule has 1 atom stereocenters. The van der Waals surface area contributed by atoms with E-state index in [0.29, 0.717) is 5.92 Å². The lowest BCUT2D eigenvalue weighted by atomic mass is 9.96. The monoisotopic (exact) mass is 284 g/mol. The largest absolute Gasteiger partial charge is 0.102 e. The third kappa shape index (κ3) is 2.21. The standard InChI is InChI=1S/C12H13I/c1-4-9(3)11-7-6-8-12(13)10(11)5-2/h4-9H,1-2H2,3H3. The van der Waals surface area contributed by atoms with E-state index in [2.05, 4.69) is 60.9 Å². The summed E-state index contributed by atoms with van der Waals surface area (Å²) in [7, 11) is 0. The average molecular weight is 284 g/mol. The maximum atomic E-state index is 3.83. The Hall–Kier alpha value is -0.570. The van der Waals surface area contributed by atoms with Crippen molar-refractivity contribution >= 4 is 28.7 Å². The fourth-order valence-electron chi connectivity index (χ4n) is 1.29. The smallest absolute Gasteiger partial charge is 0.0205 e. The third-order valence-corrected chi connectivity index (χ3v) is 3.08. The van der Waals surface area contributed by atoms with Crippen molar-refractivity contribution in [3.05, 3.63) is 52.1 Å². The van der Waals surface area contributed by atoms with Crippen LogP contribution in [0, 0.1) is 3.57 Å². The Morgan fingerprint density at radius 2 is 2.08 bits per heavy atom. The molecule has 0 saturated heterocycles. The lowest BCUT2D eigenvalue weighted by molar-refractivity contribution is 0.965. The summed E-state index contributed by atoms with van der Waals surface area (Å²) in [6.07, 6.45) is 3.87. The normalized spacial score (nSPS) is 12.2. The Morgan fingerprint density at radius 3 is 2.62 bits per heavy atom. The molecule has 1 unspecified atom stereocenters. The van der Waals surface area contributed by atoms with Gasteiger partial charge in [-0.05, 0) is 45.7 Å². The van der Waals surface area contributed by atoms with Gasteiger partial charge in [-0.15, -0.1) is 6.58 Å². The van der Waals surface area contributed by atoms with Crippen LogP contribution in [0.2, 0.25) is 0 Å². The van der Waals surface area contributed by atoms with Gasteiger partial charge in [0.1, 0.15) is 0 Å². The van der Waals surface area contributed by atoms with Crippen LogP contribution in [-0.2, 0) is 0 Å². The van der Waals surface area contributed by atoms with E-state index in [1.807, 2.05) is 12.2 Å². The molecule has 0 aliphatic carbocycles. The quantitative estimate of drug-likeness (QED) is 0.575. The summed E-state index contributed by atoms with van der Waals surface area (Å²) in [6.45, 7) is 9.78. The summed E-state index contributed by atoms with van der Waals surface area (Å²) in [5.74, 6) is 0.391. The van der Waals surface area contributed by atoms with E-state index in [0.717, 1.165) is 0 Å². The highest BCUT2D eigenvalue weighted by Gasteiger charge is 2.07. The maximum absolute atomic E-state index is 3.83. The number of allylic oxidation sites excluding steroid dienone is 1. The molecule has 0 saturated carbocycles. The fourth-order valence-corrected chi connectivity index (χ4v) is 2.03. The Labute approximate surface area is 93.5 Å². The van der Waals surface area contributed by atoms with Crippen molar-refractivity contribution in [3.8, 4) is 0 Å². The molecule has 0 heterocycles. The molecule has 0 N–H and O–H groups in total. The first-order valence-electron chi connectivity index (χ1n) is 4.24. The molecule has 1 heteroatoms. The number of rotatable bonds is 3. The van der Waals surface area contributed by atoms with E-state index in [4.69, 9.17) is 0 Å². The predicted molar refractivity (Wildman–Crippen MR) is 67.9 cm³/mol. The van der Waals surface area contributed by atoms with Gasteiger partial charge in [-0.3, -0.25) is 0 Å². The van der Waals surface area contributed by atoms with Gasteiger partial charge in [-0.1, -0.05) is 37.8 Å². The summed E-state index contributed by atoms with van der Waals surface area (Å²) >= 11 is 2.33. The van der Waals surface area contributed by atoms with Crippen LogP contribution in [0.3, 0.4) is 0 Å². The summed E-state index contributed by atoms with van der Waals surface area (Å²) in [6, 6.07) is 6.30. The summed E-state index contributed by atoms with van der Waals surface area (Å²) in [5.41, 5.74) is 2.53. The number of halogens is 1. The van der Waals surface area contributed by atoms with Gasteiger partial charge in [0.2, 0.25) is 0 Å². The first kappa shape index (κ1) is 10.5. The molecule has 0 amide bonds. The zero-order valence-electron chi connectivity index (χ0n) is 7.76. The Kier molecular flexibility index (Phi) is 3.72. The Morgan fingerprint density at radius 1 is 1.38 bits per heavy atom. The van der Waals surface area contributed by atoms with Crippen molar-refractivity contribution in [3.63, 3.8) is 0 Å². The van der Waals surface area contributed by atoms with Crippen molar-refractivity contribution in [2.75, 3.05) is 0 Å². The van der Waals surface area contributed by atoms with Crippen LogP contribution in [0.5, 0.6) is 0 Å². The van der Waals surface area contributed by atoms with Crippen LogP contribution in [-0.4, -0.2) is 0 Å². The highest BCUT2D eigenvalue weighted by Crippen LogP contribution is 2.25. The number of benzene rings is 1. The maximum Gasteiger partial charge on any atom is 0.0205 e. The molecule has 1 aromatic carbocycles. The third-order valence-electron chi connectivity index (χ3n) is 2.13. The molecule has 0 aliphatic heterocycles. The SMILES string of the molecule is C=Cc1c(I)cccc1C(C)C=C. The first-order chi connectivity index (χ1) is 6.20. The second kappa shape index (κ2) is 4.61. The summed E-state index contributed by atoms with van der Waals surface area (Å²) in [4.78, 5) is 0. The molecule has 1 aromatic rings. The van der Waals surface area contributed by atoms with Crippen molar-refractivity contribution in [1.29, 1.82) is 0 Å². The molecule has 0 fully saturated rings. The lowest BCUT2D eigenvalue weighted by Gasteiger charge is -2.11. The minimum atomic E-state index is 0.391. The topological polar surface area (TPSA) is 0 Å². The molecular formula is C12H13I. The summed E-state index contributed by atoms with van der Waals surface area (Å²) < 4.78 is 1.25. The van der Waals surface area contributed by atoms with E-state index in [9.17, 15) is 0 Å². The molecule has 0 aliphatic rings. The fraction of sp³-hybridized carbons (Fsp3) is 0.167. The first-order valence-corrected chi connectivity index (χ1v) is 5.32. The Bertz CT molecular complexity index is 326. The van der Waals surface area contributed by atoms with Gasteiger partial charge < -0.3 is 0 Å². The van der Waals surface area contributed by atoms with Crippen LogP contribution in [0.1, 0.15) is 24.0 Å². The second-order valence-electron chi connectivity index (χ2n) is 2.97. The van der Waals surface area contributed by atoms with Gasteiger partial charge in [0.05, 0.1) is 0 Å². The zero-order valence-corrected chi connectivity index (χ0v) is 9.91. The van der Waals surface area contributed by atoms with Gasteiger partial charge >= 0.3 is 0 Å². The molecule has 0 bridgehead atoms. The number of hydrogen-bond donors (Lipinski definition) is 0. The van der Waals surface area contributed by atoms with Gasteiger partial charge in [0.25, 0.3) is 0 Å². The minimum Gasteiger partial charge on any atom is -0.102 e. The van der Waals surface area contributed by atoms with Crippen LogP contribution in [0.25, 0.3) is 6.08 Å². The molecule has 68 valence electrons. The van der Waals surface area contributed by atoms with Crippen molar-refractivity contribution in [2.45, 2.75) is 12.8 Å². The molecule has 13 heavy (non-hydrogen) atoms.